The van der Waals surface area contributed by atoms with Gasteiger partial charge in [-0.15, -0.1) is 0 Å². The minimum absolute atomic E-state index is 0.320. The van der Waals surface area contributed by atoms with Gasteiger partial charge in [0.2, 0.25) is 0 Å². The van der Waals surface area contributed by atoms with E-state index in [1.807, 2.05) is 0 Å². The van der Waals surface area contributed by atoms with Gasteiger partial charge in [0.05, 0.1) is 0 Å². The van der Waals surface area contributed by atoms with Crippen LogP contribution in [-0.4, -0.2) is 30.8 Å². The Hall–Kier alpha value is -2.24. The van der Waals surface area contributed by atoms with E-state index in [2.05, 4.69) is 10.6 Å². The lowest BCUT2D eigenvalue weighted by molar-refractivity contribution is -0.139. The number of carbonyl (C=O) groups is 2. The van der Waals surface area contributed by atoms with E-state index < -0.39 is 5.97 Å². The Kier molecular flexibility index (Phi) is 4.14. The van der Waals surface area contributed by atoms with E-state index >= 15 is 0 Å². The van der Waals surface area contributed by atoms with Crippen LogP contribution in [0.4, 0.5) is 10.5 Å². The van der Waals surface area contributed by atoms with Gasteiger partial charge in [-0.2, -0.15) is 0 Å². The topological polar surface area (TPSA) is 87.7 Å². The smallest absolute Gasteiger partial charge is 0.341 e. The molecule has 1 aromatic carbocycles. The Bertz CT molecular complexity index is 375. The molecule has 0 aliphatic carbocycles. The summed E-state index contributed by atoms with van der Waals surface area (Å²) in [6, 6.07) is 6.07. The molecule has 0 radical (unpaired) electrons. The highest BCUT2D eigenvalue weighted by atomic mass is 16.5. The summed E-state index contributed by atoms with van der Waals surface area (Å²) in [5, 5.41) is 13.4. The predicted octanol–water partition coefficient (Wildman–Crippen LogP) is 0.901. The number of ether oxygens (including phenoxy) is 1. The normalized spacial score (nSPS) is 9.31. The van der Waals surface area contributed by atoms with Crippen LogP contribution in [0.25, 0.3) is 0 Å². The molecule has 0 spiro atoms. The van der Waals surface area contributed by atoms with Crippen molar-refractivity contribution in [2.75, 3.05) is 19.0 Å². The van der Waals surface area contributed by atoms with Crippen molar-refractivity contribution < 1.29 is 19.4 Å². The third-order valence-corrected chi connectivity index (χ3v) is 1.70. The number of hydrogen-bond acceptors (Lipinski definition) is 3. The Balaban J connectivity index is 2.54. The minimum atomic E-state index is -1.03. The van der Waals surface area contributed by atoms with E-state index in [1.165, 1.54) is 7.05 Å². The van der Waals surface area contributed by atoms with Crippen LogP contribution in [0.2, 0.25) is 0 Å². The van der Waals surface area contributed by atoms with E-state index in [1.54, 1.807) is 24.3 Å². The second-order valence-electron chi connectivity index (χ2n) is 2.91. The van der Waals surface area contributed by atoms with Crippen molar-refractivity contribution in [3.63, 3.8) is 0 Å². The van der Waals surface area contributed by atoms with Crippen LogP contribution >= 0.6 is 0 Å². The summed E-state index contributed by atoms with van der Waals surface area (Å²) in [5.74, 6) is -0.600. The third-order valence-electron chi connectivity index (χ3n) is 1.70. The van der Waals surface area contributed by atoms with Crippen LogP contribution in [0.15, 0.2) is 24.3 Å². The Labute approximate surface area is 92.2 Å². The molecule has 0 aliphatic heterocycles. The molecule has 0 unspecified atom stereocenters. The minimum Gasteiger partial charge on any atom is -0.482 e. The average molecular weight is 224 g/mol. The fraction of sp³-hybridized carbons (Fsp3) is 0.200. The molecule has 0 atom stereocenters. The van der Waals surface area contributed by atoms with Crippen molar-refractivity contribution in [2.45, 2.75) is 0 Å². The van der Waals surface area contributed by atoms with Gasteiger partial charge in [0.25, 0.3) is 0 Å². The van der Waals surface area contributed by atoms with Crippen LogP contribution in [0.3, 0.4) is 0 Å². The van der Waals surface area contributed by atoms with Gasteiger partial charge >= 0.3 is 12.0 Å². The maximum absolute atomic E-state index is 10.9. The summed E-state index contributed by atoms with van der Waals surface area (Å²) < 4.78 is 4.93. The standard InChI is InChI=1S/C10H12N2O4/c1-11-10(15)12-7-2-4-8(5-3-7)16-6-9(13)14/h2-5H,6H2,1H3,(H,13,14)(H2,11,12,15). The zero-order chi connectivity index (χ0) is 12.0. The highest BCUT2D eigenvalue weighted by molar-refractivity contribution is 5.88. The highest BCUT2D eigenvalue weighted by Gasteiger charge is 2.01. The van der Waals surface area contributed by atoms with E-state index in [0.29, 0.717) is 11.4 Å². The molecule has 6 nitrogen and oxygen atoms in total. The first-order valence-corrected chi connectivity index (χ1v) is 4.55. The Morgan fingerprint density at radius 1 is 1.31 bits per heavy atom. The van der Waals surface area contributed by atoms with Gasteiger partial charge in [-0.25, -0.2) is 9.59 Å². The summed E-state index contributed by atoms with van der Waals surface area (Å²) in [4.78, 5) is 21.2. The molecule has 16 heavy (non-hydrogen) atoms. The number of carboxylic acids is 1. The molecular formula is C10H12N2O4. The molecule has 1 rings (SSSR count). The lowest BCUT2D eigenvalue weighted by Crippen LogP contribution is -2.24. The predicted molar refractivity (Wildman–Crippen MR) is 57.7 cm³/mol. The van der Waals surface area contributed by atoms with Crippen molar-refractivity contribution in [2.24, 2.45) is 0 Å². The molecule has 0 aromatic heterocycles. The second kappa shape index (κ2) is 5.59. The fourth-order valence-corrected chi connectivity index (χ4v) is 0.973. The maximum atomic E-state index is 10.9. The van der Waals surface area contributed by atoms with Crippen LogP contribution in [-0.2, 0) is 4.79 Å². The van der Waals surface area contributed by atoms with Crippen molar-refractivity contribution in [3.8, 4) is 5.75 Å². The van der Waals surface area contributed by atoms with E-state index in [-0.39, 0.29) is 12.6 Å². The summed E-state index contributed by atoms with van der Waals surface area (Å²) in [7, 11) is 1.51. The van der Waals surface area contributed by atoms with Crippen molar-refractivity contribution in [1.29, 1.82) is 0 Å². The van der Waals surface area contributed by atoms with Crippen LogP contribution in [0, 0.1) is 0 Å². The molecule has 0 saturated carbocycles. The Morgan fingerprint density at radius 3 is 2.44 bits per heavy atom. The number of nitrogens with one attached hydrogen (secondary N) is 2. The number of aliphatic carboxylic acids is 1. The highest BCUT2D eigenvalue weighted by Crippen LogP contribution is 2.15. The number of urea groups is 1. The number of hydrogen-bond donors (Lipinski definition) is 3. The van der Waals surface area contributed by atoms with Gasteiger partial charge < -0.3 is 20.5 Å². The second-order valence-corrected chi connectivity index (χ2v) is 2.91. The van der Waals surface area contributed by atoms with E-state index in [0.717, 1.165) is 0 Å². The Morgan fingerprint density at radius 2 is 1.94 bits per heavy atom. The third kappa shape index (κ3) is 3.87. The molecule has 0 fully saturated rings. The maximum Gasteiger partial charge on any atom is 0.341 e. The van der Waals surface area contributed by atoms with Gasteiger partial charge in [-0.3, -0.25) is 0 Å². The number of anilines is 1. The van der Waals surface area contributed by atoms with Crippen molar-refractivity contribution >= 4 is 17.7 Å². The van der Waals surface area contributed by atoms with Gasteiger partial charge in [0, 0.05) is 12.7 Å². The molecule has 6 heteroatoms. The van der Waals surface area contributed by atoms with Gasteiger partial charge in [0.1, 0.15) is 5.75 Å². The first-order valence-electron chi connectivity index (χ1n) is 4.55. The van der Waals surface area contributed by atoms with Crippen molar-refractivity contribution in [3.05, 3.63) is 24.3 Å². The van der Waals surface area contributed by atoms with Gasteiger partial charge in [-0.05, 0) is 24.3 Å². The van der Waals surface area contributed by atoms with Gasteiger partial charge in [-0.1, -0.05) is 0 Å². The number of amides is 2. The zero-order valence-electron chi connectivity index (χ0n) is 8.69. The molecule has 2 amide bonds. The average Bonchev–Trinajstić information content (AvgIpc) is 2.28. The summed E-state index contributed by atoms with van der Waals surface area (Å²) >= 11 is 0. The van der Waals surface area contributed by atoms with Crippen LogP contribution in [0.1, 0.15) is 0 Å². The molecule has 0 aliphatic rings. The number of benzene rings is 1. The fourth-order valence-electron chi connectivity index (χ4n) is 0.973. The molecule has 86 valence electrons. The van der Waals surface area contributed by atoms with E-state index in [9.17, 15) is 9.59 Å². The monoisotopic (exact) mass is 224 g/mol. The number of rotatable bonds is 4. The SMILES string of the molecule is CNC(=O)Nc1ccc(OCC(=O)O)cc1. The number of carboxylic acid groups (broad SMARTS) is 1. The summed E-state index contributed by atoms with van der Waals surface area (Å²) in [6.07, 6.45) is 0. The molecule has 3 N–H and O–H groups in total. The van der Waals surface area contributed by atoms with Crippen molar-refractivity contribution in [1.82, 2.24) is 5.32 Å². The lowest BCUT2D eigenvalue weighted by Gasteiger charge is -2.06. The zero-order valence-corrected chi connectivity index (χ0v) is 8.69. The first-order chi connectivity index (χ1) is 7.61. The molecular weight excluding hydrogens is 212 g/mol. The first kappa shape index (κ1) is 11.8. The quantitative estimate of drug-likeness (QED) is 0.709. The molecule has 0 bridgehead atoms. The molecule has 1 aromatic rings. The lowest BCUT2D eigenvalue weighted by atomic mass is 10.3. The van der Waals surface area contributed by atoms with Gasteiger partial charge in [0.15, 0.2) is 6.61 Å². The summed E-state index contributed by atoms with van der Waals surface area (Å²) in [6.45, 7) is -0.387. The summed E-state index contributed by atoms with van der Waals surface area (Å²) in [5.41, 5.74) is 0.599. The largest absolute Gasteiger partial charge is 0.482 e. The number of carbonyl (C=O) groups excluding carboxylic acids is 1. The molecule has 0 heterocycles. The van der Waals surface area contributed by atoms with Crippen LogP contribution in [0.5, 0.6) is 5.75 Å². The van der Waals surface area contributed by atoms with Crippen LogP contribution < -0.4 is 15.4 Å². The van der Waals surface area contributed by atoms with E-state index in [4.69, 9.17) is 9.84 Å². The molecule has 0 saturated heterocycles.